The summed E-state index contributed by atoms with van der Waals surface area (Å²) in [7, 11) is 0. The molecule has 0 unspecified atom stereocenters. The van der Waals surface area contributed by atoms with E-state index in [9.17, 15) is 4.79 Å². The Labute approximate surface area is 107 Å². The van der Waals surface area contributed by atoms with Crippen LogP contribution in [0.15, 0.2) is 54.6 Å². The number of hydrogen-bond acceptors (Lipinski definition) is 1. The highest BCUT2D eigenvalue weighted by atomic mass is 16.2. The number of urea groups is 1. The van der Waals surface area contributed by atoms with Crippen molar-refractivity contribution < 1.29 is 4.79 Å². The smallest absolute Gasteiger partial charge is 0.312 e. The van der Waals surface area contributed by atoms with Gasteiger partial charge in [0, 0.05) is 0 Å². The van der Waals surface area contributed by atoms with Gasteiger partial charge >= 0.3 is 6.03 Å². The summed E-state index contributed by atoms with van der Waals surface area (Å²) < 4.78 is 0. The van der Waals surface area contributed by atoms with Gasteiger partial charge in [0.25, 0.3) is 0 Å². The molecule has 0 aliphatic rings. The molecule has 0 aromatic heterocycles. The number of carbonyl (C=O) groups is 1. The number of hydrogen-bond donors (Lipinski definition) is 2. The molecule has 3 heteroatoms. The van der Waals surface area contributed by atoms with Crippen LogP contribution in [0.1, 0.15) is 22.7 Å². The summed E-state index contributed by atoms with van der Waals surface area (Å²) in [4.78, 5) is 11.1. The minimum atomic E-state index is -0.524. The first kappa shape index (κ1) is 12.2. The molecule has 0 radical (unpaired) electrons. The Morgan fingerprint density at radius 1 is 1.00 bits per heavy atom. The molecule has 92 valence electrons. The van der Waals surface area contributed by atoms with Crippen molar-refractivity contribution >= 4 is 6.03 Å². The van der Waals surface area contributed by atoms with Crippen molar-refractivity contribution in [2.24, 2.45) is 5.73 Å². The van der Waals surface area contributed by atoms with Crippen LogP contribution in [0.2, 0.25) is 0 Å². The summed E-state index contributed by atoms with van der Waals surface area (Å²) in [6.45, 7) is 2.03. The van der Waals surface area contributed by atoms with E-state index >= 15 is 0 Å². The number of aryl methyl sites for hydroxylation is 1. The van der Waals surface area contributed by atoms with Crippen molar-refractivity contribution in [3.8, 4) is 0 Å². The first-order valence-electron chi connectivity index (χ1n) is 5.84. The third kappa shape index (κ3) is 2.88. The normalized spacial score (nSPS) is 11.8. The second-order valence-corrected chi connectivity index (χ2v) is 4.26. The summed E-state index contributed by atoms with van der Waals surface area (Å²) in [5, 5.41) is 2.77. The van der Waals surface area contributed by atoms with E-state index in [4.69, 9.17) is 5.73 Å². The Bertz CT molecular complexity index is 520. The third-order valence-electron chi connectivity index (χ3n) is 2.83. The fraction of sp³-hybridized carbons (Fsp3) is 0.133. The summed E-state index contributed by atoms with van der Waals surface area (Å²) in [5.74, 6) is 0. The van der Waals surface area contributed by atoms with E-state index in [-0.39, 0.29) is 6.04 Å². The zero-order valence-corrected chi connectivity index (χ0v) is 10.3. The molecule has 1 atom stereocenters. The van der Waals surface area contributed by atoms with E-state index < -0.39 is 6.03 Å². The Morgan fingerprint density at radius 3 is 2.11 bits per heavy atom. The lowest BCUT2D eigenvalue weighted by atomic mass is 9.98. The van der Waals surface area contributed by atoms with E-state index in [0.717, 1.165) is 11.1 Å². The Balaban J connectivity index is 2.36. The zero-order valence-electron chi connectivity index (χ0n) is 10.3. The topological polar surface area (TPSA) is 55.1 Å². The number of benzene rings is 2. The van der Waals surface area contributed by atoms with Gasteiger partial charge < -0.3 is 11.1 Å². The Morgan fingerprint density at radius 2 is 1.56 bits per heavy atom. The molecule has 2 amide bonds. The largest absolute Gasteiger partial charge is 0.352 e. The fourth-order valence-electron chi connectivity index (χ4n) is 1.91. The minimum absolute atomic E-state index is 0.204. The van der Waals surface area contributed by atoms with E-state index in [2.05, 4.69) is 5.32 Å². The first-order valence-corrected chi connectivity index (χ1v) is 5.84. The number of amides is 2. The van der Waals surface area contributed by atoms with Gasteiger partial charge in [-0.15, -0.1) is 0 Å². The predicted octanol–water partition coefficient (Wildman–Crippen LogP) is 2.75. The second kappa shape index (κ2) is 5.36. The van der Waals surface area contributed by atoms with Crippen LogP contribution in [0.25, 0.3) is 0 Å². The highest BCUT2D eigenvalue weighted by molar-refractivity contribution is 5.72. The van der Waals surface area contributed by atoms with Gasteiger partial charge in [-0.3, -0.25) is 0 Å². The number of nitrogens with two attached hydrogens (primary N) is 1. The lowest BCUT2D eigenvalue weighted by molar-refractivity contribution is 0.247. The molecule has 2 rings (SSSR count). The van der Waals surface area contributed by atoms with Gasteiger partial charge in [0.1, 0.15) is 0 Å². The molecule has 0 fully saturated rings. The molecule has 18 heavy (non-hydrogen) atoms. The van der Waals surface area contributed by atoms with Gasteiger partial charge in [-0.25, -0.2) is 4.79 Å². The minimum Gasteiger partial charge on any atom is -0.352 e. The van der Waals surface area contributed by atoms with Crippen molar-refractivity contribution in [1.29, 1.82) is 0 Å². The molecule has 0 heterocycles. The lowest BCUT2D eigenvalue weighted by Gasteiger charge is -2.18. The molecule has 2 aromatic carbocycles. The van der Waals surface area contributed by atoms with E-state index in [1.165, 1.54) is 5.56 Å². The number of rotatable bonds is 3. The fourth-order valence-corrected chi connectivity index (χ4v) is 1.91. The maximum atomic E-state index is 11.1. The van der Waals surface area contributed by atoms with E-state index in [1.54, 1.807) is 0 Å². The summed E-state index contributed by atoms with van der Waals surface area (Å²) in [6.07, 6.45) is 0. The number of carbonyl (C=O) groups excluding carboxylic acids is 1. The second-order valence-electron chi connectivity index (χ2n) is 4.26. The van der Waals surface area contributed by atoms with Crippen molar-refractivity contribution in [3.63, 3.8) is 0 Å². The van der Waals surface area contributed by atoms with Crippen molar-refractivity contribution in [3.05, 3.63) is 71.3 Å². The van der Waals surface area contributed by atoms with Crippen molar-refractivity contribution in [2.75, 3.05) is 0 Å². The van der Waals surface area contributed by atoms with Crippen LogP contribution >= 0.6 is 0 Å². The van der Waals surface area contributed by atoms with E-state index in [1.807, 2.05) is 61.5 Å². The first-order chi connectivity index (χ1) is 8.66. The maximum absolute atomic E-state index is 11.1. The molecular weight excluding hydrogens is 224 g/mol. The molecule has 0 bridgehead atoms. The third-order valence-corrected chi connectivity index (χ3v) is 2.83. The molecule has 3 N–H and O–H groups in total. The van der Waals surface area contributed by atoms with E-state index in [0.29, 0.717) is 0 Å². The molecule has 0 aliphatic heterocycles. The average molecular weight is 240 g/mol. The standard InChI is InChI=1S/C15H16N2O/c1-11-7-9-13(10-8-11)14(17-15(16)18)12-5-3-2-4-6-12/h2-10,14H,1H3,(H3,16,17,18)/t14-/m0/s1. The lowest BCUT2D eigenvalue weighted by Crippen LogP contribution is -2.33. The van der Waals surface area contributed by atoms with Gasteiger partial charge in [0.2, 0.25) is 0 Å². The molecular formula is C15H16N2O. The summed E-state index contributed by atoms with van der Waals surface area (Å²) in [5.41, 5.74) is 8.47. The van der Waals surface area contributed by atoms with Crippen LogP contribution in [0.3, 0.4) is 0 Å². The van der Waals surface area contributed by atoms with Crippen LogP contribution in [0.4, 0.5) is 4.79 Å². The van der Waals surface area contributed by atoms with Crippen LogP contribution in [0, 0.1) is 6.92 Å². The van der Waals surface area contributed by atoms with Crippen LogP contribution < -0.4 is 11.1 Å². The Hall–Kier alpha value is -2.29. The molecule has 3 nitrogen and oxygen atoms in total. The highest BCUT2D eigenvalue weighted by Gasteiger charge is 2.14. The predicted molar refractivity (Wildman–Crippen MR) is 72.2 cm³/mol. The van der Waals surface area contributed by atoms with Crippen LogP contribution in [-0.2, 0) is 0 Å². The Kier molecular flexibility index (Phi) is 3.63. The van der Waals surface area contributed by atoms with Crippen molar-refractivity contribution in [1.82, 2.24) is 5.32 Å². The highest BCUT2D eigenvalue weighted by Crippen LogP contribution is 2.22. The average Bonchev–Trinajstić information content (AvgIpc) is 2.38. The van der Waals surface area contributed by atoms with Crippen LogP contribution in [-0.4, -0.2) is 6.03 Å². The zero-order chi connectivity index (χ0) is 13.0. The van der Waals surface area contributed by atoms with Gasteiger partial charge in [0.15, 0.2) is 0 Å². The van der Waals surface area contributed by atoms with Gasteiger partial charge in [-0.05, 0) is 18.1 Å². The molecule has 0 aliphatic carbocycles. The van der Waals surface area contributed by atoms with Gasteiger partial charge in [-0.1, -0.05) is 60.2 Å². The quantitative estimate of drug-likeness (QED) is 0.851. The van der Waals surface area contributed by atoms with Crippen molar-refractivity contribution in [2.45, 2.75) is 13.0 Å². The summed E-state index contributed by atoms with van der Waals surface area (Å²) in [6, 6.07) is 17.1. The maximum Gasteiger partial charge on any atom is 0.312 e. The van der Waals surface area contributed by atoms with Crippen LogP contribution in [0.5, 0.6) is 0 Å². The molecule has 0 spiro atoms. The molecule has 2 aromatic rings. The molecule has 0 saturated carbocycles. The monoisotopic (exact) mass is 240 g/mol. The van der Waals surface area contributed by atoms with Gasteiger partial charge in [-0.2, -0.15) is 0 Å². The molecule has 0 saturated heterocycles. The summed E-state index contributed by atoms with van der Waals surface area (Å²) >= 11 is 0. The SMILES string of the molecule is Cc1ccc([C@@H](NC(N)=O)c2ccccc2)cc1. The number of primary amides is 1. The van der Waals surface area contributed by atoms with Gasteiger partial charge in [0.05, 0.1) is 6.04 Å². The number of nitrogens with one attached hydrogen (secondary N) is 1.